The normalized spacial score (nSPS) is 17.3. The zero-order valence-electron chi connectivity index (χ0n) is 14.5. The molecule has 1 unspecified atom stereocenters. The molecule has 2 heterocycles. The number of benzene rings is 1. The van der Waals surface area contributed by atoms with Gasteiger partial charge in [0.25, 0.3) is 5.91 Å². The summed E-state index contributed by atoms with van der Waals surface area (Å²) < 4.78 is 40.2. The number of aryl methyl sites for hydroxylation is 1. The zero-order chi connectivity index (χ0) is 18.8. The van der Waals surface area contributed by atoms with E-state index in [1.54, 1.807) is 17.9 Å². The molecule has 1 aliphatic heterocycles. The molecule has 2 aromatic rings. The van der Waals surface area contributed by atoms with Gasteiger partial charge in [-0.25, -0.2) is 23.1 Å². The third-order valence-electron chi connectivity index (χ3n) is 4.30. The van der Waals surface area contributed by atoms with Crippen molar-refractivity contribution in [1.82, 2.24) is 14.9 Å². The van der Waals surface area contributed by atoms with E-state index in [1.165, 1.54) is 0 Å². The number of rotatable bonds is 3. The molecule has 138 valence electrons. The summed E-state index contributed by atoms with van der Waals surface area (Å²) in [6.07, 6.45) is 2.01. The zero-order valence-corrected chi connectivity index (χ0v) is 14.5. The minimum absolute atomic E-state index is 0.0525. The molecule has 1 aromatic heterocycles. The average Bonchev–Trinajstić information content (AvgIpc) is 2.61. The molecule has 0 radical (unpaired) electrons. The van der Waals surface area contributed by atoms with Crippen LogP contribution >= 0.6 is 0 Å². The summed E-state index contributed by atoms with van der Waals surface area (Å²) in [6.45, 7) is 5.07. The highest BCUT2D eigenvalue weighted by Gasteiger charge is 2.24. The van der Waals surface area contributed by atoms with E-state index in [2.05, 4.69) is 22.2 Å². The van der Waals surface area contributed by atoms with E-state index in [-0.39, 0.29) is 23.2 Å². The summed E-state index contributed by atoms with van der Waals surface area (Å²) in [6, 6.07) is 3.40. The first kappa shape index (κ1) is 18.2. The SMILES string of the molecule is Cc1cc(C(=O)N2CCCC(C)C2)nc(Nc2ccc(F)c(F)c2F)n1. The molecule has 1 atom stereocenters. The number of amides is 1. The van der Waals surface area contributed by atoms with Gasteiger partial charge in [-0.15, -0.1) is 0 Å². The number of halogens is 3. The van der Waals surface area contributed by atoms with Gasteiger partial charge in [-0.1, -0.05) is 6.92 Å². The lowest BCUT2D eigenvalue weighted by Gasteiger charge is -2.30. The predicted molar refractivity (Wildman–Crippen MR) is 90.7 cm³/mol. The molecular weight excluding hydrogens is 345 g/mol. The van der Waals surface area contributed by atoms with Crippen LogP contribution in [0.15, 0.2) is 18.2 Å². The summed E-state index contributed by atoms with van der Waals surface area (Å²) >= 11 is 0. The van der Waals surface area contributed by atoms with Crippen molar-refractivity contribution < 1.29 is 18.0 Å². The Balaban J connectivity index is 1.86. The van der Waals surface area contributed by atoms with E-state index in [1.807, 2.05) is 0 Å². The van der Waals surface area contributed by atoms with Crippen molar-refractivity contribution >= 4 is 17.5 Å². The number of piperidine rings is 1. The van der Waals surface area contributed by atoms with Crippen LogP contribution in [0.1, 0.15) is 35.9 Å². The Morgan fingerprint density at radius 2 is 2.00 bits per heavy atom. The smallest absolute Gasteiger partial charge is 0.272 e. The Morgan fingerprint density at radius 1 is 1.23 bits per heavy atom. The summed E-state index contributed by atoms with van der Waals surface area (Å²) in [5.74, 6) is -4.09. The van der Waals surface area contributed by atoms with Gasteiger partial charge in [-0.05, 0) is 43.9 Å². The first-order valence-corrected chi connectivity index (χ1v) is 8.40. The van der Waals surface area contributed by atoms with Crippen LogP contribution in [-0.2, 0) is 0 Å². The molecule has 1 aromatic carbocycles. The maximum absolute atomic E-state index is 13.8. The standard InChI is InChI=1S/C18H19F3N4O/c1-10-4-3-7-25(9-10)17(26)14-8-11(2)22-18(24-14)23-13-6-5-12(19)15(20)16(13)21/h5-6,8,10H,3-4,7,9H2,1-2H3,(H,22,23,24). The first-order chi connectivity index (χ1) is 12.3. The number of hydrogen-bond donors (Lipinski definition) is 1. The summed E-state index contributed by atoms with van der Waals surface area (Å²) in [7, 11) is 0. The van der Waals surface area contributed by atoms with Crippen molar-refractivity contribution in [2.75, 3.05) is 18.4 Å². The lowest BCUT2D eigenvalue weighted by molar-refractivity contribution is 0.0677. The van der Waals surface area contributed by atoms with Crippen molar-refractivity contribution in [3.63, 3.8) is 0 Å². The Hall–Kier alpha value is -2.64. The molecule has 0 bridgehead atoms. The van der Waals surface area contributed by atoms with E-state index < -0.39 is 17.5 Å². The van der Waals surface area contributed by atoms with Crippen molar-refractivity contribution in [1.29, 1.82) is 0 Å². The first-order valence-electron chi connectivity index (χ1n) is 8.40. The maximum Gasteiger partial charge on any atom is 0.272 e. The molecule has 1 N–H and O–H groups in total. The average molecular weight is 364 g/mol. The molecule has 5 nitrogen and oxygen atoms in total. The van der Waals surface area contributed by atoms with E-state index >= 15 is 0 Å². The topological polar surface area (TPSA) is 58.1 Å². The van der Waals surface area contributed by atoms with Crippen LogP contribution in [0.25, 0.3) is 0 Å². The molecule has 1 aliphatic rings. The second kappa shape index (κ2) is 7.31. The highest BCUT2D eigenvalue weighted by atomic mass is 19.2. The number of nitrogens with zero attached hydrogens (tertiary/aromatic N) is 3. The lowest BCUT2D eigenvalue weighted by atomic mass is 10.00. The quantitative estimate of drug-likeness (QED) is 0.842. The number of nitrogens with one attached hydrogen (secondary N) is 1. The molecule has 0 saturated carbocycles. The van der Waals surface area contributed by atoms with Crippen LogP contribution in [-0.4, -0.2) is 33.9 Å². The molecule has 1 amide bonds. The van der Waals surface area contributed by atoms with Crippen LogP contribution < -0.4 is 5.32 Å². The van der Waals surface area contributed by atoms with Gasteiger partial charge in [0.2, 0.25) is 5.95 Å². The summed E-state index contributed by atoms with van der Waals surface area (Å²) in [5, 5.41) is 2.51. The highest BCUT2D eigenvalue weighted by molar-refractivity contribution is 5.92. The Bertz CT molecular complexity index is 843. The number of aromatic nitrogens is 2. The second-order valence-corrected chi connectivity index (χ2v) is 6.56. The van der Waals surface area contributed by atoms with E-state index in [0.717, 1.165) is 25.0 Å². The van der Waals surface area contributed by atoms with Gasteiger partial charge < -0.3 is 10.2 Å². The number of likely N-dealkylation sites (tertiary alicyclic amines) is 1. The van der Waals surface area contributed by atoms with Crippen LogP contribution in [0.4, 0.5) is 24.8 Å². The Morgan fingerprint density at radius 3 is 2.73 bits per heavy atom. The van der Waals surface area contributed by atoms with Crippen molar-refractivity contribution in [3.05, 3.63) is 47.0 Å². The predicted octanol–water partition coefficient (Wildman–Crippen LogP) is 3.82. The van der Waals surface area contributed by atoms with Gasteiger partial charge in [0.05, 0.1) is 5.69 Å². The number of hydrogen-bond acceptors (Lipinski definition) is 4. The molecule has 26 heavy (non-hydrogen) atoms. The van der Waals surface area contributed by atoms with Crippen LogP contribution in [0, 0.1) is 30.3 Å². The van der Waals surface area contributed by atoms with Gasteiger partial charge in [0.15, 0.2) is 17.5 Å². The highest BCUT2D eigenvalue weighted by Crippen LogP contribution is 2.23. The molecule has 8 heteroatoms. The maximum atomic E-state index is 13.8. The van der Waals surface area contributed by atoms with E-state index in [9.17, 15) is 18.0 Å². The minimum Gasteiger partial charge on any atom is -0.337 e. The van der Waals surface area contributed by atoms with Crippen molar-refractivity contribution in [2.45, 2.75) is 26.7 Å². The molecule has 1 saturated heterocycles. The number of carbonyl (C=O) groups excluding carboxylic acids is 1. The molecule has 0 spiro atoms. The summed E-state index contributed by atoms with van der Waals surface area (Å²) in [5.41, 5.74) is 0.371. The molecular formula is C18H19F3N4O. The van der Waals surface area contributed by atoms with Gasteiger partial charge >= 0.3 is 0 Å². The fourth-order valence-electron chi connectivity index (χ4n) is 3.01. The molecule has 0 aliphatic carbocycles. The largest absolute Gasteiger partial charge is 0.337 e. The van der Waals surface area contributed by atoms with Crippen LogP contribution in [0.2, 0.25) is 0 Å². The van der Waals surface area contributed by atoms with Crippen LogP contribution in [0.5, 0.6) is 0 Å². The molecule has 1 fully saturated rings. The van der Waals surface area contributed by atoms with Gasteiger partial charge in [0.1, 0.15) is 5.69 Å². The van der Waals surface area contributed by atoms with Crippen molar-refractivity contribution in [2.24, 2.45) is 5.92 Å². The lowest BCUT2D eigenvalue weighted by Crippen LogP contribution is -2.39. The summed E-state index contributed by atoms with van der Waals surface area (Å²) in [4.78, 5) is 22.6. The van der Waals surface area contributed by atoms with Gasteiger partial charge in [0, 0.05) is 18.8 Å². The van der Waals surface area contributed by atoms with E-state index in [0.29, 0.717) is 24.7 Å². The third-order valence-corrected chi connectivity index (χ3v) is 4.30. The van der Waals surface area contributed by atoms with Gasteiger partial charge in [-0.3, -0.25) is 4.79 Å². The van der Waals surface area contributed by atoms with Crippen LogP contribution in [0.3, 0.4) is 0 Å². The fraction of sp³-hybridized carbons (Fsp3) is 0.389. The Kier molecular flexibility index (Phi) is 5.11. The Labute approximate surface area is 149 Å². The van der Waals surface area contributed by atoms with Crippen molar-refractivity contribution in [3.8, 4) is 0 Å². The van der Waals surface area contributed by atoms with E-state index in [4.69, 9.17) is 0 Å². The van der Waals surface area contributed by atoms with Gasteiger partial charge in [-0.2, -0.15) is 0 Å². The monoisotopic (exact) mass is 364 g/mol. The molecule has 3 rings (SSSR count). The third kappa shape index (κ3) is 3.79. The minimum atomic E-state index is -1.58. The number of anilines is 2. The second-order valence-electron chi connectivity index (χ2n) is 6.56. The number of carbonyl (C=O) groups is 1. The fourth-order valence-corrected chi connectivity index (χ4v) is 3.01.